The molecule has 158 valence electrons. The Bertz CT molecular complexity index is 1150. The number of hydrogen-bond donors (Lipinski definition) is 1. The number of esters is 1. The minimum atomic E-state index is -0.804. The molecule has 9 heteroatoms. The molecule has 30 heavy (non-hydrogen) atoms. The third-order valence-corrected chi connectivity index (χ3v) is 5.74. The van der Waals surface area contributed by atoms with Gasteiger partial charge in [-0.2, -0.15) is 0 Å². The van der Waals surface area contributed by atoms with E-state index in [1.165, 1.54) is 10.9 Å². The van der Waals surface area contributed by atoms with Gasteiger partial charge in [-0.1, -0.05) is 0 Å². The maximum Gasteiger partial charge on any atom is 0.348 e. The summed E-state index contributed by atoms with van der Waals surface area (Å²) in [6, 6.07) is 6.08. The topological polar surface area (TPSA) is 99.5 Å². The Morgan fingerprint density at radius 2 is 1.83 bits per heavy atom. The fourth-order valence-electron chi connectivity index (χ4n) is 2.92. The number of benzene rings is 1. The molecule has 0 aliphatic rings. The number of ether oxygens (including phenoxy) is 2. The van der Waals surface area contributed by atoms with Gasteiger partial charge in [0, 0.05) is 5.69 Å². The summed E-state index contributed by atoms with van der Waals surface area (Å²) in [5, 5.41) is 3.09. The Morgan fingerprint density at radius 1 is 1.17 bits per heavy atom. The molecule has 1 unspecified atom stereocenters. The van der Waals surface area contributed by atoms with Crippen LogP contribution >= 0.6 is 11.3 Å². The smallest absolute Gasteiger partial charge is 0.348 e. The van der Waals surface area contributed by atoms with Crippen LogP contribution in [0.4, 0.5) is 5.69 Å². The van der Waals surface area contributed by atoms with Gasteiger partial charge in [-0.3, -0.25) is 14.2 Å². The van der Waals surface area contributed by atoms with E-state index < -0.39 is 12.0 Å². The first-order valence-corrected chi connectivity index (χ1v) is 10.2. The summed E-state index contributed by atoms with van der Waals surface area (Å²) >= 11 is 1.11. The lowest BCUT2D eigenvalue weighted by molar-refractivity contribution is -0.118. The van der Waals surface area contributed by atoms with E-state index in [0.29, 0.717) is 32.1 Å². The number of carbonyl (C=O) groups excluding carboxylic acids is 2. The van der Waals surface area contributed by atoms with Gasteiger partial charge in [-0.15, -0.1) is 11.3 Å². The first kappa shape index (κ1) is 21.5. The molecule has 0 fully saturated rings. The zero-order valence-corrected chi connectivity index (χ0v) is 18.2. The van der Waals surface area contributed by atoms with Gasteiger partial charge in [-0.05, 0) is 57.5 Å². The van der Waals surface area contributed by atoms with E-state index in [9.17, 15) is 14.4 Å². The van der Waals surface area contributed by atoms with E-state index in [4.69, 9.17) is 9.47 Å². The highest BCUT2D eigenvalue weighted by Crippen LogP contribution is 2.28. The van der Waals surface area contributed by atoms with Crippen molar-refractivity contribution < 1.29 is 19.1 Å². The number of nitrogens with one attached hydrogen (secondary N) is 1. The Labute approximate surface area is 177 Å². The Balaban J connectivity index is 1.90. The molecular formula is C21H23N3O5S. The molecule has 1 aromatic carbocycles. The Hall–Kier alpha value is -3.20. The van der Waals surface area contributed by atoms with Crippen molar-refractivity contribution in [2.75, 3.05) is 12.4 Å². The molecule has 3 aromatic rings. The zero-order valence-electron chi connectivity index (χ0n) is 17.4. The molecule has 0 saturated heterocycles. The first-order chi connectivity index (χ1) is 14.2. The number of hydrogen-bond acceptors (Lipinski definition) is 7. The average Bonchev–Trinajstić information content (AvgIpc) is 3.05. The fourth-order valence-corrected chi connectivity index (χ4v) is 3.95. The van der Waals surface area contributed by atoms with Crippen molar-refractivity contribution in [2.45, 2.75) is 39.8 Å². The van der Waals surface area contributed by atoms with Crippen LogP contribution in [0.3, 0.4) is 0 Å². The van der Waals surface area contributed by atoms with Gasteiger partial charge in [0.15, 0.2) is 0 Å². The number of thiophene rings is 1. The molecule has 1 atom stereocenters. The van der Waals surface area contributed by atoms with Gasteiger partial charge in [-0.25, -0.2) is 9.78 Å². The van der Waals surface area contributed by atoms with E-state index in [0.717, 1.165) is 11.3 Å². The van der Waals surface area contributed by atoms with Gasteiger partial charge in [0.25, 0.3) is 5.56 Å². The predicted molar refractivity (Wildman–Crippen MR) is 116 cm³/mol. The van der Waals surface area contributed by atoms with Gasteiger partial charge >= 0.3 is 5.97 Å². The van der Waals surface area contributed by atoms with Crippen LogP contribution in [-0.4, -0.2) is 34.6 Å². The van der Waals surface area contributed by atoms with Crippen molar-refractivity contribution in [1.29, 1.82) is 0 Å². The quantitative estimate of drug-likeness (QED) is 0.602. The second-order valence-electron chi connectivity index (χ2n) is 7.04. The van der Waals surface area contributed by atoms with Crippen molar-refractivity contribution in [3.63, 3.8) is 0 Å². The second-order valence-corrected chi connectivity index (χ2v) is 8.04. The van der Waals surface area contributed by atoms with Crippen molar-refractivity contribution in [2.24, 2.45) is 0 Å². The number of carbonyl (C=O) groups is 2. The van der Waals surface area contributed by atoms with Crippen LogP contribution in [0.25, 0.3) is 10.2 Å². The molecule has 2 heterocycles. The lowest BCUT2D eigenvalue weighted by atomic mass is 10.2. The van der Waals surface area contributed by atoms with Crippen LogP contribution in [0.2, 0.25) is 0 Å². The summed E-state index contributed by atoms with van der Waals surface area (Å²) < 4.78 is 11.6. The lowest BCUT2D eigenvalue weighted by Gasteiger charge is -2.15. The lowest BCUT2D eigenvalue weighted by Crippen LogP contribution is -2.31. The minimum Gasteiger partial charge on any atom is -0.497 e. The van der Waals surface area contributed by atoms with Crippen LogP contribution < -0.4 is 15.6 Å². The third kappa shape index (κ3) is 4.20. The van der Waals surface area contributed by atoms with Crippen molar-refractivity contribution in [3.8, 4) is 5.75 Å². The summed E-state index contributed by atoms with van der Waals surface area (Å²) in [4.78, 5) is 43.1. The number of aryl methyl sites for hydroxylation is 1. The van der Waals surface area contributed by atoms with Crippen molar-refractivity contribution >= 4 is 39.1 Å². The molecule has 0 saturated carbocycles. The molecule has 1 amide bonds. The second kappa shape index (κ2) is 8.66. The van der Waals surface area contributed by atoms with E-state index in [1.807, 2.05) is 0 Å². The maximum absolute atomic E-state index is 13.1. The van der Waals surface area contributed by atoms with Crippen LogP contribution in [0.15, 0.2) is 35.4 Å². The number of nitrogens with zero attached hydrogens (tertiary/aromatic N) is 2. The van der Waals surface area contributed by atoms with E-state index in [-0.39, 0.29) is 17.6 Å². The fraction of sp³-hybridized carbons (Fsp3) is 0.333. The highest BCUT2D eigenvalue weighted by atomic mass is 32.1. The summed E-state index contributed by atoms with van der Waals surface area (Å²) in [6.07, 6.45) is 1.06. The predicted octanol–water partition coefficient (Wildman–Crippen LogP) is 3.54. The number of amides is 1. The average molecular weight is 429 g/mol. The van der Waals surface area contributed by atoms with Gasteiger partial charge in [0.1, 0.15) is 21.5 Å². The number of aromatic nitrogens is 2. The van der Waals surface area contributed by atoms with Crippen molar-refractivity contribution in [1.82, 2.24) is 9.55 Å². The summed E-state index contributed by atoms with van der Waals surface area (Å²) in [5.41, 5.74) is 0.713. The number of methoxy groups -OCH3 is 1. The van der Waals surface area contributed by atoms with E-state index in [1.54, 1.807) is 59.1 Å². The Morgan fingerprint density at radius 3 is 2.43 bits per heavy atom. The molecule has 0 aliphatic carbocycles. The van der Waals surface area contributed by atoms with Gasteiger partial charge < -0.3 is 14.8 Å². The summed E-state index contributed by atoms with van der Waals surface area (Å²) in [6.45, 7) is 6.82. The SMILES string of the molecule is COc1ccc(NC(=O)C(C)n2cnc3sc(C(=O)OC(C)C)c(C)c3c2=O)cc1. The Kier molecular flexibility index (Phi) is 6.21. The third-order valence-electron chi connectivity index (χ3n) is 4.56. The van der Waals surface area contributed by atoms with Gasteiger partial charge in [0.05, 0.1) is 24.9 Å². The highest BCUT2D eigenvalue weighted by molar-refractivity contribution is 7.20. The number of anilines is 1. The normalized spacial score (nSPS) is 12.1. The highest BCUT2D eigenvalue weighted by Gasteiger charge is 2.24. The number of fused-ring (bicyclic) bond motifs is 1. The molecule has 0 aliphatic heterocycles. The molecular weight excluding hydrogens is 406 g/mol. The van der Waals surface area contributed by atoms with Crippen LogP contribution in [-0.2, 0) is 9.53 Å². The summed E-state index contributed by atoms with van der Waals surface area (Å²) in [5.74, 6) is -0.177. The van der Waals surface area contributed by atoms with E-state index in [2.05, 4.69) is 10.3 Å². The van der Waals surface area contributed by atoms with Gasteiger partial charge in [0.2, 0.25) is 5.91 Å². The van der Waals surface area contributed by atoms with Crippen LogP contribution in [0, 0.1) is 6.92 Å². The first-order valence-electron chi connectivity index (χ1n) is 9.39. The summed E-state index contributed by atoms with van der Waals surface area (Å²) in [7, 11) is 1.56. The van der Waals surface area contributed by atoms with Crippen molar-refractivity contribution in [3.05, 3.63) is 51.4 Å². The minimum absolute atomic E-state index is 0.270. The molecule has 1 N–H and O–H groups in total. The molecule has 8 nitrogen and oxygen atoms in total. The molecule has 0 bridgehead atoms. The maximum atomic E-state index is 13.1. The molecule has 0 radical (unpaired) electrons. The largest absolute Gasteiger partial charge is 0.497 e. The molecule has 0 spiro atoms. The standard InChI is InChI=1S/C21H23N3O5S/c1-11(2)29-21(27)17-12(3)16-19(30-17)22-10-24(20(16)26)13(4)18(25)23-14-6-8-15(28-5)9-7-14/h6-11,13H,1-5H3,(H,23,25). The van der Waals surface area contributed by atoms with E-state index >= 15 is 0 Å². The van der Waals surface area contributed by atoms with Crippen LogP contribution in [0.1, 0.15) is 42.0 Å². The monoisotopic (exact) mass is 429 g/mol. The zero-order chi connectivity index (χ0) is 22.0. The number of rotatable bonds is 6. The molecule has 3 rings (SSSR count). The molecule has 2 aromatic heterocycles. The van der Waals surface area contributed by atoms with Crippen LogP contribution in [0.5, 0.6) is 5.75 Å².